The Kier molecular flexibility index (Phi) is 45.1. The van der Waals surface area contributed by atoms with Crippen LogP contribution in [0.25, 0.3) is 16.4 Å². The van der Waals surface area contributed by atoms with E-state index in [1.54, 1.807) is 107 Å². The van der Waals surface area contributed by atoms with Gasteiger partial charge in [-0.25, -0.2) is 4.98 Å². The van der Waals surface area contributed by atoms with Crippen molar-refractivity contribution in [2.45, 2.75) is 13.8 Å². The number of imidazole rings is 1. The molecule has 0 saturated carbocycles. The SMILES string of the molecule is Cc1cn2c(C)c(Br)nc2c2ccccc12.S=S=S=S=S=S=S=S=S=S=S=S=S=S=S=S=S=S=S=S=S=S=S=S=S=S=S=S=S=S=S=S=S=S=S=S=S=S. The summed E-state index contributed by atoms with van der Waals surface area (Å²) in [5.41, 5.74) is 3.44. The van der Waals surface area contributed by atoms with Gasteiger partial charge in [0, 0.05) is 354 Å². The molecule has 1 aromatic carbocycles. The predicted octanol–water partition coefficient (Wildman–Crippen LogP) is 3.78. The molecule has 2 nitrogen and oxygen atoms in total. The molecular formula is C13H11BrN2S38. The molecule has 41 heteroatoms. The monoisotopic (exact) mass is 1490 g/mol. The minimum atomic E-state index is 0.920. The van der Waals surface area contributed by atoms with E-state index in [1.807, 2.05) is 195 Å². The van der Waals surface area contributed by atoms with Crippen LogP contribution in [0, 0.1) is 13.8 Å². The summed E-state index contributed by atoms with van der Waals surface area (Å²) in [7, 11) is 63.7. The molecule has 0 atom stereocenters. The van der Waals surface area contributed by atoms with Crippen molar-refractivity contribution in [3.63, 3.8) is 0 Å². The number of hydrogen-bond acceptors (Lipinski definition) is 3. The highest BCUT2D eigenvalue weighted by Gasteiger charge is 2.10. The van der Waals surface area contributed by atoms with Gasteiger partial charge in [-0.3, -0.25) is 0 Å². The maximum Gasteiger partial charge on any atom is 0.146 e. The Hall–Kier alpha value is 7.01. The third-order valence-electron chi connectivity index (χ3n) is 3.98. The van der Waals surface area contributed by atoms with E-state index in [9.17, 15) is 0 Å². The molecule has 0 radical (unpaired) electrons. The zero-order chi connectivity index (χ0) is 38.7. The second-order valence-corrected chi connectivity index (χ2v) is 70.9. The van der Waals surface area contributed by atoms with Crippen LogP contribution in [0.5, 0.6) is 0 Å². The minimum Gasteiger partial charge on any atom is -0.302 e. The average Bonchev–Trinajstić information content (AvgIpc) is 3.47. The fourth-order valence-corrected chi connectivity index (χ4v) is 96.2. The van der Waals surface area contributed by atoms with Gasteiger partial charge in [0.2, 0.25) is 0 Å². The standard InChI is InChI=1S/C13H11BrN2.S38/c1-8-7-16-9(2)12(14)15-13(16)11-6-4-3-5-10(8)11;1-3-5-7-9-11-13-15-17-19-21-23-25-27-29-31-33-35-37-38-36-34-32-30-28-26-24-22-20-18-16-14-12-10-8-6-4-2/h3-7H,1-2H3;. The fourth-order valence-electron chi connectivity index (χ4n) is 2.50. The molecule has 3 aromatic rings. The van der Waals surface area contributed by atoms with Crippen molar-refractivity contribution >= 4 is 374 Å². The van der Waals surface area contributed by atoms with E-state index in [0.717, 1.165) is 15.9 Å². The summed E-state index contributed by atoms with van der Waals surface area (Å²) in [4.78, 5) is 4.56. The Morgan fingerprint density at radius 1 is 0.426 bits per heavy atom. The zero-order valence-corrected chi connectivity index (χ0v) is 57.3. The number of rotatable bonds is 0. The molecule has 2 aromatic heterocycles. The summed E-state index contributed by atoms with van der Waals surface area (Å²) in [6, 6.07) is 8.38. The van der Waals surface area contributed by atoms with Crippen molar-refractivity contribution in [3.8, 4) is 0 Å². The van der Waals surface area contributed by atoms with Crippen LogP contribution < -0.4 is 0 Å². The molecule has 0 spiro atoms. The van der Waals surface area contributed by atoms with Crippen molar-refractivity contribution in [1.82, 2.24) is 9.38 Å². The Balaban J connectivity index is 0.000000511. The van der Waals surface area contributed by atoms with Crippen LogP contribution in [0.1, 0.15) is 11.3 Å². The Labute approximate surface area is 433 Å². The van der Waals surface area contributed by atoms with Crippen LogP contribution in [0.4, 0.5) is 0 Å². The lowest BCUT2D eigenvalue weighted by atomic mass is 10.1. The first kappa shape index (κ1) is 57.1. The number of nitrogens with zero attached hydrogens (tertiary/aromatic N) is 2. The number of aromatic nitrogens is 2. The summed E-state index contributed by atoms with van der Waals surface area (Å²) in [6.45, 7) is 4.20. The summed E-state index contributed by atoms with van der Waals surface area (Å²) >= 11 is 13.1. The molecule has 0 N–H and O–H groups in total. The van der Waals surface area contributed by atoms with Crippen molar-refractivity contribution < 1.29 is 0 Å². The van der Waals surface area contributed by atoms with Crippen LogP contribution in [0.3, 0.4) is 0 Å². The van der Waals surface area contributed by atoms with E-state index >= 15 is 0 Å². The summed E-state index contributed by atoms with van der Waals surface area (Å²) in [6.07, 6.45) is 2.14. The summed E-state index contributed by atoms with van der Waals surface area (Å²) in [5.74, 6) is 0. The highest BCUT2D eigenvalue weighted by atomic mass is 79.9. The lowest BCUT2D eigenvalue weighted by molar-refractivity contribution is 1.10. The van der Waals surface area contributed by atoms with Crippen molar-refractivity contribution in [2.75, 3.05) is 0 Å². The molecule has 0 amide bonds. The highest BCUT2D eigenvalue weighted by molar-refractivity contribution is 9.10. The van der Waals surface area contributed by atoms with Gasteiger partial charge in [0.05, 0.1) is 5.69 Å². The summed E-state index contributed by atoms with van der Waals surface area (Å²) in [5, 5.41) is 2.48. The number of pyridine rings is 1. The van der Waals surface area contributed by atoms with Gasteiger partial charge in [0.15, 0.2) is 0 Å². The van der Waals surface area contributed by atoms with Gasteiger partial charge in [-0.05, 0) is 40.7 Å². The smallest absolute Gasteiger partial charge is 0.146 e. The molecule has 0 aliphatic heterocycles. The number of benzene rings is 1. The van der Waals surface area contributed by atoms with Crippen LogP contribution in [0.2, 0.25) is 0 Å². The average molecular weight is 1490 g/mol. The molecule has 2 heterocycles. The third kappa shape index (κ3) is 30.3. The van der Waals surface area contributed by atoms with Crippen LogP contribution in [-0.4, -0.2) is 9.38 Å². The van der Waals surface area contributed by atoms with Gasteiger partial charge >= 0.3 is 0 Å². The van der Waals surface area contributed by atoms with Crippen LogP contribution in [0.15, 0.2) is 35.1 Å². The van der Waals surface area contributed by atoms with E-state index < -0.39 is 0 Å². The van der Waals surface area contributed by atoms with E-state index in [2.05, 4.69) is 69.6 Å². The van der Waals surface area contributed by atoms with Crippen molar-refractivity contribution in [1.29, 1.82) is 0 Å². The lowest BCUT2D eigenvalue weighted by Crippen LogP contribution is -1.91. The fraction of sp³-hybridized carbons (Fsp3) is 0.154. The van der Waals surface area contributed by atoms with Gasteiger partial charge in [-0.15, -0.1) is 0 Å². The second kappa shape index (κ2) is 42.6. The topological polar surface area (TPSA) is 17.3 Å². The third-order valence-corrected chi connectivity index (χ3v) is 82.5. The van der Waals surface area contributed by atoms with Gasteiger partial charge in [0.25, 0.3) is 0 Å². The van der Waals surface area contributed by atoms with E-state index in [0.29, 0.717) is 0 Å². The molecule has 54 heavy (non-hydrogen) atoms. The molecular weight excluding hydrogens is 1480 g/mol. The van der Waals surface area contributed by atoms with E-state index in [1.165, 1.54) is 34.1 Å². The van der Waals surface area contributed by atoms with Crippen molar-refractivity contribution in [3.05, 3.63) is 46.3 Å². The molecule has 0 bridgehead atoms. The zero-order valence-electron chi connectivity index (χ0n) is 24.7. The van der Waals surface area contributed by atoms with Gasteiger partial charge in [-0.1, -0.05) is 24.3 Å². The first-order chi connectivity index (χ1) is 26.6. The molecule has 0 fully saturated rings. The molecule has 0 aliphatic carbocycles. The number of hydrogen-bond donors (Lipinski definition) is 0. The molecule has 0 aliphatic rings. The maximum atomic E-state index is 4.80. The van der Waals surface area contributed by atoms with Gasteiger partial charge < -0.3 is 4.40 Å². The predicted molar refractivity (Wildman–Crippen MR) is 350 cm³/mol. The first-order valence-electron chi connectivity index (χ1n) is 11.4. The van der Waals surface area contributed by atoms with Gasteiger partial charge in [-0.2, -0.15) is 0 Å². The summed E-state index contributed by atoms with van der Waals surface area (Å²) < 4.78 is 3.06. The normalized spacial score (nSPS) is 8.80. The van der Waals surface area contributed by atoms with E-state index in [-0.39, 0.29) is 0 Å². The van der Waals surface area contributed by atoms with Crippen molar-refractivity contribution in [2.24, 2.45) is 0 Å². The highest BCUT2D eigenvalue weighted by Crippen LogP contribution is 2.26. The number of aryl methyl sites for hydroxylation is 2. The minimum absolute atomic E-state index is 0.920. The molecule has 0 unspecified atom stereocenters. The number of halogens is 1. The molecule has 0 saturated heterocycles. The molecule has 308 valence electrons. The first-order valence-corrected chi connectivity index (χ1v) is 61.5. The quantitative estimate of drug-likeness (QED) is 0.342. The van der Waals surface area contributed by atoms with Crippen LogP contribution in [-0.2, 0) is 342 Å². The van der Waals surface area contributed by atoms with Crippen LogP contribution >= 0.6 is 15.9 Å². The Bertz CT molecular complexity index is 3390. The largest absolute Gasteiger partial charge is 0.302 e. The maximum absolute atomic E-state index is 4.80. The lowest BCUT2D eigenvalue weighted by Gasteiger charge is -2.05. The second-order valence-electron chi connectivity index (χ2n) is 6.49. The van der Waals surface area contributed by atoms with E-state index in [4.69, 9.17) is 22.4 Å². The van der Waals surface area contributed by atoms with Gasteiger partial charge in [0.1, 0.15) is 10.3 Å². The number of fused-ring (bicyclic) bond motifs is 3. The molecule has 3 rings (SSSR count). The Morgan fingerprint density at radius 2 is 0.685 bits per heavy atom. The Morgan fingerprint density at radius 3 is 0.963 bits per heavy atom.